The molecule has 0 radical (unpaired) electrons. The van der Waals surface area contributed by atoms with Gasteiger partial charge in [-0.15, -0.1) is 0 Å². The van der Waals surface area contributed by atoms with E-state index >= 15 is 0 Å². The molecule has 0 aromatic heterocycles. The molecule has 0 spiro atoms. The Kier molecular flexibility index (Phi) is 4.57. The van der Waals surface area contributed by atoms with E-state index in [9.17, 15) is 9.50 Å². The first-order valence-electron chi connectivity index (χ1n) is 7.95. The molecule has 1 aliphatic heterocycles. The van der Waals surface area contributed by atoms with Crippen molar-refractivity contribution in [3.8, 4) is 0 Å². The van der Waals surface area contributed by atoms with Crippen LogP contribution in [0.5, 0.6) is 0 Å². The van der Waals surface area contributed by atoms with Crippen molar-refractivity contribution in [2.24, 2.45) is 0 Å². The Morgan fingerprint density at radius 3 is 2.62 bits per heavy atom. The van der Waals surface area contributed by atoms with Gasteiger partial charge in [-0.1, -0.05) is 18.6 Å². The minimum Gasteiger partial charge on any atom is -0.388 e. The number of ether oxygens (including phenoxy) is 1. The van der Waals surface area contributed by atoms with E-state index in [0.29, 0.717) is 44.6 Å². The third-order valence-electron chi connectivity index (χ3n) is 4.93. The van der Waals surface area contributed by atoms with E-state index in [1.807, 2.05) is 12.1 Å². The quantitative estimate of drug-likeness (QED) is 0.896. The SMILES string of the molecule is OC1(CNC2CCCC2c2ccc(F)cc2)CCOCC1. The molecule has 3 rings (SSSR count). The molecule has 2 fully saturated rings. The normalized spacial score (nSPS) is 28.7. The molecule has 1 aromatic carbocycles. The average molecular weight is 293 g/mol. The van der Waals surface area contributed by atoms with E-state index in [2.05, 4.69) is 5.32 Å². The first kappa shape index (κ1) is 14.9. The second-order valence-corrected chi connectivity index (χ2v) is 6.41. The van der Waals surface area contributed by atoms with E-state index in [4.69, 9.17) is 4.74 Å². The molecular weight excluding hydrogens is 269 g/mol. The van der Waals surface area contributed by atoms with E-state index in [1.54, 1.807) is 0 Å². The highest BCUT2D eigenvalue weighted by atomic mass is 19.1. The van der Waals surface area contributed by atoms with Crippen LogP contribution < -0.4 is 5.32 Å². The maximum absolute atomic E-state index is 13.1. The summed E-state index contributed by atoms with van der Waals surface area (Å²) >= 11 is 0. The second-order valence-electron chi connectivity index (χ2n) is 6.41. The Labute approximate surface area is 125 Å². The lowest BCUT2D eigenvalue weighted by Gasteiger charge is -2.34. The van der Waals surface area contributed by atoms with E-state index < -0.39 is 5.60 Å². The zero-order valence-corrected chi connectivity index (χ0v) is 12.4. The van der Waals surface area contributed by atoms with Crippen LogP contribution in [0.1, 0.15) is 43.6 Å². The summed E-state index contributed by atoms with van der Waals surface area (Å²) in [5, 5.41) is 14.1. The van der Waals surface area contributed by atoms with Crippen LogP contribution in [0.15, 0.2) is 24.3 Å². The third-order valence-corrected chi connectivity index (χ3v) is 4.93. The molecule has 1 aliphatic carbocycles. The van der Waals surface area contributed by atoms with Gasteiger partial charge in [0.05, 0.1) is 5.60 Å². The minimum absolute atomic E-state index is 0.183. The van der Waals surface area contributed by atoms with Gasteiger partial charge < -0.3 is 15.2 Å². The number of aliphatic hydroxyl groups is 1. The lowest BCUT2D eigenvalue weighted by molar-refractivity contribution is -0.0628. The van der Waals surface area contributed by atoms with E-state index in [1.165, 1.54) is 24.1 Å². The van der Waals surface area contributed by atoms with Gasteiger partial charge in [-0.05, 0) is 36.5 Å². The van der Waals surface area contributed by atoms with Crippen molar-refractivity contribution in [3.05, 3.63) is 35.6 Å². The van der Waals surface area contributed by atoms with Gasteiger partial charge in [0, 0.05) is 38.6 Å². The summed E-state index contributed by atoms with van der Waals surface area (Å²) in [6.45, 7) is 1.91. The highest BCUT2D eigenvalue weighted by Crippen LogP contribution is 2.35. The standard InChI is InChI=1S/C17H24FNO2/c18-14-6-4-13(5-7-14)15-2-1-3-16(15)19-12-17(20)8-10-21-11-9-17/h4-7,15-16,19-20H,1-3,8-12H2. The molecule has 1 saturated heterocycles. The van der Waals surface area contributed by atoms with Crippen LogP contribution in [0.25, 0.3) is 0 Å². The van der Waals surface area contributed by atoms with Crippen LogP contribution in [-0.4, -0.2) is 36.5 Å². The maximum Gasteiger partial charge on any atom is 0.123 e. The minimum atomic E-state index is -0.631. The Morgan fingerprint density at radius 1 is 1.19 bits per heavy atom. The van der Waals surface area contributed by atoms with Gasteiger partial charge in [-0.2, -0.15) is 0 Å². The molecule has 2 unspecified atom stereocenters. The average Bonchev–Trinajstić information content (AvgIpc) is 2.95. The molecular formula is C17H24FNO2. The Bertz CT molecular complexity index is 456. The van der Waals surface area contributed by atoms with Crippen LogP contribution in [0, 0.1) is 5.82 Å². The molecule has 2 aliphatic rings. The van der Waals surface area contributed by atoms with Crippen molar-refractivity contribution in [2.45, 2.75) is 49.7 Å². The molecule has 21 heavy (non-hydrogen) atoms. The van der Waals surface area contributed by atoms with Gasteiger partial charge in [0.1, 0.15) is 5.82 Å². The predicted molar refractivity (Wildman–Crippen MR) is 79.8 cm³/mol. The monoisotopic (exact) mass is 293 g/mol. The molecule has 3 nitrogen and oxygen atoms in total. The number of halogens is 1. The summed E-state index contributed by atoms with van der Waals surface area (Å²) in [6.07, 6.45) is 4.84. The maximum atomic E-state index is 13.1. The van der Waals surface area contributed by atoms with Gasteiger partial charge >= 0.3 is 0 Å². The largest absolute Gasteiger partial charge is 0.388 e. The molecule has 2 atom stereocenters. The van der Waals surface area contributed by atoms with Crippen molar-refractivity contribution in [1.82, 2.24) is 5.32 Å². The highest BCUT2D eigenvalue weighted by Gasteiger charge is 2.33. The fourth-order valence-corrected chi connectivity index (χ4v) is 3.56. The summed E-state index contributed by atoms with van der Waals surface area (Å²) in [4.78, 5) is 0. The van der Waals surface area contributed by atoms with Gasteiger partial charge in [-0.3, -0.25) is 0 Å². The van der Waals surface area contributed by atoms with Crippen molar-refractivity contribution in [3.63, 3.8) is 0 Å². The smallest absolute Gasteiger partial charge is 0.123 e. The Hall–Kier alpha value is -0.970. The number of rotatable bonds is 4. The lowest BCUT2D eigenvalue weighted by atomic mass is 9.91. The fourth-order valence-electron chi connectivity index (χ4n) is 3.56. The van der Waals surface area contributed by atoms with Gasteiger partial charge in [0.2, 0.25) is 0 Å². The number of hydrogen-bond donors (Lipinski definition) is 2. The molecule has 1 aromatic rings. The molecule has 2 N–H and O–H groups in total. The zero-order valence-electron chi connectivity index (χ0n) is 12.4. The molecule has 0 bridgehead atoms. The number of hydrogen-bond acceptors (Lipinski definition) is 3. The second kappa shape index (κ2) is 6.42. The lowest BCUT2D eigenvalue weighted by Crippen LogP contribution is -2.48. The fraction of sp³-hybridized carbons (Fsp3) is 0.647. The van der Waals surface area contributed by atoms with Crippen LogP contribution >= 0.6 is 0 Å². The van der Waals surface area contributed by atoms with Crippen molar-refractivity contribution in [1.29, 1.82) is 0 Å². The van der Waals surface area contributed by atoms with Crippen LogP contribution in [0.4, 0.5) is 4.39 Å². The molecule has 1 saturated carbocycles. The summed E-state index contributed by atoms with van der Waals surface area (Å²) in [5.41, 5.74) is 0.569. The summed E-state index contributed by atoms with van der Waals surface area (Å²) < 4.78 is 18.4. The van der Waals surface area contributed by atoms with E-state index in [0.717, 1.165) is 12.8 Å². The summed E-state index contributed by atoms with van der Waals surface area (Å²) in [5.74, 6) is 0.242. The topological polar surface area (TPSA) is 41.5 Å². The predicted octanol–water partition coefficient (Wildman–Crippen LogP) is 2.59. The van der Waals surface area contributed by atoms with E-state index in [-0.39, 0.29) is 5.82 Å². The van der Waals surface area contributed by atoms with Crippen LogP contribution in [0.3, 0.4) is 0 Å². The summed E-state index contributed by atoms with van der Waals surface area (Å²) in [7, 11) is 0. The molecule has 1 heterocycles. The molecule has 4 heteroatoms. The third kappa shape index (κ3) is 3.62. The van der Waals surface area contributed by atoms with Gasteiger partial charge in [0.25, 0.3) is 0 Å². The van der Waals surface area contributed by atoms with Crippen LogP contribution in [0.2, 0.25) is 0 Å². The molecule has 0 amide bonds. The van der Waals surface area contributed by atoms with Crippen molar-refractivity contribution < 1.29 is 14.2 Å². The Morgan fingerprint density at radius 2 is 1.90 bits per heavy atom. The van der Waals surface area contributed by atoms with Crippen molar-refractivity contribution >= 4 is 0 Å². The number of benzene rings is 1. The first-order valence-corrected chi connectivity index (χ1v) is 7.95. The first-order chi connectivity index (χ1) is 10.2. The zero-order chi connectivity index (χ0) is 14.7. The molecule has 116 valence electrons. The number of nitrogens with one attached hydrogen (secondary N) is 1. The van der Waals surface area contributed by atoms with Crippen LogP contribution in [-0.2, 0) is 4.74 Å². The highest BCUT2D eigenvalue weighted by molar-refractivity contribution is 5.23. The summed E-state index contributed by atoms with van der Waals surface area (Å²) in [6, 6.07) is 7.24. The Balaban J connectivity index is 1.60. The van der Waals surface area contributed by atoms with Gasteiger partial charge in [-0.25, -0.2) is 4.39 Å². The van der Waals surface area contributed by atoms with Gasteiger partial charge in [0.15, 0.2) is 0 Å². The van der Waals surface area contributed by atoms with Crippen molar-refractivity contribution in [2.75, 3.05) is 19.8 Å².